The van der Waals surface area contributed by atoms with E-state index in [9.17, 15) is 8.78 Å². The molecule has 0 aliphatic heterocycles. The van der Waals surface area contributed by atoms with Crippen LogP contribution in [-0.4, -0.2) is 25.5 Å². The fraction of sp³-hybridized carbons (Fsp3) is 0.478. The van der Waals surface area contributed by atoms with Crippen molar-refractivity contribution in [1.82, 2.24) is 4.90 Å². The second-order valence-corrected chi connectivity index (χ2v) is 8.52. The fourth-order valence-corrected chi connectivity index (χ4v) is 4.73. The van der Waals surface area contributed by atoms with Gasteiger partial charge in [0, 0.05) is 6.54 Å². The zero-order valence-corrected chi connectivity index (χ0v) is 16.9. The highest BCUT2D eigenvalue weighted by Gasteiger charge is 2.32. The van der Waals surface area contributed by atoms with E-state index in [1.54, 1.807) is 18.2 Å². The SMILES string of the molecule is CN(C)CC1CC(CCc2ccccc2F)CCC1c1ccc(F)c(Cl)c1. The van der Waals surface area contributed by atoms with Crippen LogP contribution < -0.4 is 0 Å². The zero-order valence-electron chi connectivity index (χ0n) is 16.1. The summed E-state index contributed by atoms with van der Waals surface area (Å²) in [6.45, 7) is 0.996. The largest absolute Gasteiger partial charge is 0.309 e. The molecule has 0 aromatic heterocycles. The van der Waals surface area contributed by atoms with Crippen LogP contribution >= 0.6 is 11.6 Å². The lowest BCUT2D eigenvalue weighted by Crippen LogP contribution is -2.32. The van der Waals surface area contributed by atoms with Crippen LogP contribution in [0, 0.1) is 23.5 Å². The number of rotatable bonds is 6. The van der Waals surface area contributed by atoms with Gasteiger partial charge in [-0.15, -0.1) is 0 Å². The first kappa shape index (κ1) is 20.3. The monoisotopic (exact) mass is 391 g/mol. The molecule has 1 nitrogen and oxygen atoms in total. The van der Waals surface area contributed by atoms with E-state index in [2.05, 4.69) is 19.0 Å². The maximum absolute atomic E-state index is 13.9. The summed E-state index contributed by atoms with van der Waals surface area (Å²) in [5, 5.41) is 0.206. The lowest BCUT2D eigenvalue weighted by Gasteiger charge is -2.38. The van der Waals surface area contributed by atoms with Crippen molar-refractivity contribution in [3.8, 4) is 0 Å². The molecule has 3 atom stereocenters. The summed E-state index contributed by atoms with van der Waals surface area (Å²) >= 11 is 6.03. The van der Waals surface area contributed by atoms with Gasteiger partial charge in [-0.1, -0.05) is 35.9 Å². The Labute approximate surface area is 166 Å². The van der Waals surface area contributed by atoms with Crippen LogP contribution in [0.5, 0.6) is 0 Å². The number of hydrogen-bond donors (Lipinski definition) is 0. The van der Waals surface area contributed by atoms with Gasteiger partial charge in [0.2, 0.25) is 0 Å². The summed E-state index contributed by atoms with van der Waals surface area (Å²) in [6.07, 6.45) is 5.12. The highest BCUT2D eigenvalue weighted by Crippen LogP contribution is 2.43. The zero-order chi connectivity index (χ0) is 19.4. The third-order valence-electron chi connectivity index (χ3n) is 5.84. The van der Waals surface area contributed by atoms with Crippen molar-refractivity contribution in [2.75, 3.05) is 20.6 Å². The van der Waals surface area contributed by atoms with E-state index in [4.69, 9.17) is 11.6 Å². The molecule has 0 bridgehead atoms. The minimum absolute atomic E-state index is 0.100. The molecular formula is C23H28ClF2N. The number of hydrogen-bond acceptors (Lipinski definition) is 1. The average Bonchev–Trinajstić information content (AvgIpc) is 2.63. The summed E-state index contributed by atoms with van der Waals surface area (Å²) in [5.41, 5.74) is 1.95. The van der Waals surface area contributed by atoms with Gasteiger partial charge in [0.15, 0.2) is 0 Å². The highest BCUT2D eigenvalue weighted by molar-refractivity contribution is 6.30. The molecule has 1 saturated carbocycles. The van der Waals surface area contributed by atoms with Crippen molar-refractivity contribution in [2.24, 2.45) is 11.8 Å². The number of halogens is 3. The van der Waals surface area contributed by atoms with Gasteiger partial charge in [0.1, 0.15) is 11.6 Å². The predicted molar refractivity (Wildman–Crippen MR) is 108 cm³/mol. The van der Waals surface area contributed by atoms with Crippen molar-refractivity contribution < 1.29 is 8.78 Å². The third-order valence-corrected chi connectivity index (χ3v) is 6.13. The molecule has 0 saturated heterocycles. The van der Waals surface area contributed by atoms with Gasteiger partial charge in [-0.05, 0) is 93.3 Å². The molecule has 2 aromatic carbocycles. The molecule has 3 rings (SSSR count). The topological polar surface area (TPSA) is 3.24 Å². The van der Waals surface area contributed by atoms with E-state index < -0.39 is 0 Å². The van der Waals surface area contributed by atoms with Gasteiger partial charge in [0.05, 0.1) is 5.02 Å². The lowest BCUT2D eigenvalue weighted by molar-refractivity contribution is 0.181. The summed E-state index contributed by atoms with van der Waals surface area (Å²) < 4.78 is 27.5. The van der Waals surface area contributed by atoms with Gasteiger partial charge >= 0.3 is 0 Å². The van der Waals surface area contributed by atoms with Gasteiger partial charge in [0.25, 0.3) is 0 Å². The van der Waals surface area contributed by atoms with Crippen molar-refractivity contribution in [1.29, 1.82) is 0 Å². The van der Waals surface area contributed by atoms with E-state index in [0.717, 1.165) is 49.8 Å². The molecule has 0 spiro atoms. The Morgan fingerprint density at radius 1 is 1.04 bits per heavy atom. The average molecular weight is 392 g/mol. The molecule has 0 heterocycles. The minimum atomic E-state index is -0.358. The molecule has 2 aromatic rings. The summed E-state index contributed by atoms with van der Waals surface area (Å²) in [7, 11) is 4.19. The maximum Gasteiger partial charge on any atom is 0.141 e. The molecule has 1 aliphatic carbocycles. The highest BCUT2D eigenvalue weighted by atomic mass is 35.5. The number of aryl methyl sites for hydroxylation is 1. The van der Waals surface area contributed by atoms with Gasteiger partial charge < -0.3 is 4.90 Å². The molecule has 0 N–H and O–H groups in total. The van der Waals surface area contributed by atoms with Crippen LogP contribution in [0.1, 0.15) is 42.7 Å². The maximum atomic E-state index is 13.9. The second-order valence-electron chi connectivity index (χ2n) is 8.11. The van der Waals surface area contributed by atoms with Crippen LogP contribution in [0.2, 0.25) is 5.02 Å². The summed E-state index contributed by atoms with van der Waals surface area (Å²) in [5.74, 6) is 1.04. The van der Waals surface area contributed by atoms with Crippen molar-refractivity contribution in [3.63, 3.8) is 0 Å². The Balaban J connectivity index is 1.68. The lowest BCUT2D eigenvalue weighted by atomic mass is 9.70. The predicted octanol–water partition coefficient (Wildman–Crippen LogP) is 6.31. The van der Waals surface area contributed by atoms with Crippen LogP contribution in [0.4, 0.5) is 8.78 Å². The van der Waals surface area contributed by atoms with Crippen LogP contribution in [0.25, 0.3) is 0 Å². The number of nitrogens with zero attached hydrogens (tertiary/aromatic N) is 1. The molecule has 27 heavy (non-hydrogen) atoms. The second kappa shape index (κ2) is 9.16. The van der Waals surface area contributed by atoms with Crippen LogP contribution in [0.15, 0.2) is 42.5 Å². The van der Waals surface area contributed by atoms with E-state index in [1.165, 1.54) is 6.07 Å². The van der Waals surface area contributed by atoms with Gasteiger partial charge in [-0.2, -0.15) is 0 Å². The standard InChI is InChI=1S/C23H28ClF2N/c1-27(2)15-19-13-16(7-9-17-5-3-4-6-22(17)25)8-11-20(19)18-10-12-23(26)21(24)14-18/h3-6,10,12,14,16,19-20H,7-9,11,13,15H2,1-2H3. The quantitative estimate of drug-likeness (QED) is 0.557. The van der Waals surface area contributed by atoms with E-state index in [-0.39, 0.29) is 16.7 Å². The molecule has 146 valence electrons. The molecule has 3 unspecified atom stereocenters. The van der Waals surface area contributed by atoms with E-state index in [0.29, 0.717) is 17.8 Å². The van der Waals surface area contributed by atoms with Crippen molar-refractivity contribution in [2.45, 2.75) is 38.0 Å². The van der Waals surface area contributed by atoms with Crippen molar-refractivity contribution >= 4 is 11.6 Å². The Morgan fingerprint density at radius 3 is 2.52 bits per heavy atom. The Kier molecular flexibility index (Phi) is 6.88. The third kappa shape index (κ3) is 5.30. The molecule has 0 radical (unpaired) electrons. The summed E-state index contributed by atoms with van der Waals surface area (Å²) in [4.78, 5) is 2.22. The Hall–Kier alpha value is -1.45. The molecule has 4 heteroatoms. The van der Waals surface area contributed by atoms with Gasteiger partial charge in [-0.3, -0.25) is 0 Å². The van der Waals surface area contributed by atoms with E-state index >= 15 is 0 Å². The van der Waals surface area contributed by atoms with Crippen LogP contribution in [-0.2, 0) is 6.42 Å². The first-order chi connectivity index (χ1) is 12.9. The minimum Gasteiger partial charge on any atom is -0.309 e. The normalized spacial score (nSPS) is 23.0. The molecular weight excluding hydrogens is 364 g/mol. The smallest absolute Gasteiger partial charge is 0.141 e. The Morgan fingerprint density at radius 2 is 1.81 bits per heavy atom. The first-order valence-corrected chi connectivity index (χ1v) is 10.1. The van der Waals surface area contributed by atoms with E-state index in [1.807, 2.05) is 18.2 Å². The molecule has 1 aliphatic rings. The summed E-state index contributed by atoms with van der Waals surface area (Å²) in [6, 6.07) is 12.2. The number of benzene rings is 2. The molecule has 0 amide bonds. The van der Waals surface area contributed by atoms with Crippen LogP contribution in [0.3, 0.4) is 0 Å². The van der Waals surface area contributed by atoms with Crippen molar-refractivity contribution in [3.05, 3.63) is 70.2 Å². The Bertz CT molecular complexity index is 762. The van der Waals surface area contributed by atoms with Gasteiger partial charge in [-0.25, -0.2) is 8.78 Å². The fourth-order valence-electron chi connectivity index (χ4n) is 4.54. The first-order valence-electron chi connectivity index (χ1n) is 9.77. The molecule has 1 fully saturated rings.